The monoisotopic (exact) mass is 406 g/mol. The summed E-state index contributed by atoms with van der Waals surface area (Å²) in [5, 5.41) is 20.8. The van der Waals surface area contributed by atoms with Gasteiger partial charge in [-0.1, -0.05) is 23.4 Å². The number of aromatic nitrogens is 3. The van der Waals surface area contributed by atoms with E-state index in [1.165, 1.54) is 11.8 Å². The number of carbonyl (C=O) groups is 1. The molecule has 8 nitrogen and oxygen atoms in total. The molecule has 1 aliphatic heterocycles. The third kappa shape index (κ3) is 4.53. The zero-order valence-corrected chi connectivity index (χ0v) is 16.5. The number of nitrogens with one attached hydrogen (secondary N) is 1. The third-order valence-corrected chi connectivity index (χ3v) is 5.56. The van der Waals surface area contributed by atoms with Gasteiger partial charge in [0.05, 0.1) is 29.0 Å². The lowest BCUT2D eigenvalue weighted by Crippen LogP contribution is -2.37. The summed E-state index contributed by atoms with van der Waals surface area (Å²) in [5.41, 5.74) is 0.912. The quantitative estimate of drug-likeness (QED) is 0.761. The van der Waals surface area contributed by atoms with Crippen molar-refractivity contribution in [1.29, 1.82) is 5.26 Å². The molecule has 0 radical (unpaired) electrons. The van der Waals surface area contributed by atoms with Crippen LogP contribution in [0.15, 0.2) is 23.4 Å². The number of amides is 1. The number of thioether (sulfide) groups is 1. The van der Waals surface area contributed by atoms with Crippen LogP contribution in [0.2, 0.25) is 5.02 Å². The van der Waals surface area contributed by atoms with Crippen molar-refractivity contribution < 1.29 is 9.53 Å². The Hall–Kier alpha value is -2.28. The third-order valence-electron chi connectivity index (χ3n) is 4.11. The van der Waals surface area contributed by atoms with Crippen molar-refractivity contribution in [2.45, 2.75) is 17.3 Å². The number of hydrogen-bond donors (Lipinski definition) is 1. The lowest BCUT2D eigenvalue weighted by molar-refractivity contribution is -0.115. The normalized spacial score (nSPS) is 15.3. The van der Waals surface area contributed by atoms with Crippen LogP contribution in [0.25, 0.3) is 0 Å². The highest BCUT2D eigenvalue weighted by Gasteiger charge is 2.22. The average Bonchev–Trinajstić information content (AvgIpc) is 3.03. The van der Waals surface area contributed by atoms with E-state index in [2.05, 4.69) is 20.4 Å². The highest BCUT2D eigenvalue weighted by molar-refractivity contribution is 8.00. The maximum absolute atomic E-state index is 12.5. The first-order valence-electron chi connectivity index (χ1n) is 8.39. The number of nitriles is 1. The number of nitrogens with zero attached hydrogens (tertiary/aromatic N) is 5. The molecule has 3 rings (SSSR count). The standard InChI is InChI=1S/C17H19ClN6O2S/c1-11(15(25)20-13-4-3-12(10-19)14(18)9-13)27-17-22-21-16(23(17)2)24-5-7-26-8-6-24/h3-4,9,11H,5-8H2,1-2H3,(H,20,25). The Labute approximate surface area is 166 Å². The van der Waals surface area contributed by atoms with Gasteiger partial charge in [-0.3, -0.25) is 9.36 Å². The molecule has 1 fully saturated rings. The molecule has 1 atom stereocenters. The van der Waals surface area contributed by atoms with Crippen molar-refractivity contribution in [2.75, 3.05) is 36.5 Å². The van der Waals surface area contributed by atoms with Gasteiger partial charge in [0.15, 0.2) is 5.16 Å². The van der Waals surface area contributed by atoms with Gasteiger partial charge < -0.3 is 15.0 Å². The van der Waals surface area contributed by atoms with Gasteiger partial charge in [0, 0.05) is 25.8 Å². The molecular weight excluding hydrogens is 388 g/mol. The Morgan fingerprint density at radius 1 is 1.41 bits per heavy atom. The predicted molar refractivity (Wildman–Crippen MR) is 104 cm³/mol. The fourth-order valence-corrected chi connectivity index (χ4v) is 3.62. The Bertz CT molecular complexity index is 875. The van der Waals surface area contributed by atoms with Gasteiger partial charge in [-0.2, -0.15) is 5.26 Å². The fraction of sp³-hybridized carbons (Fsp3) is 0.412. The summed E-state index contributed by atoms with van der Waals surface area (Å²) in [7, 11) is 1.89. The zero-order valence-electron chi connectivity index (χ0n) is 15.0. The second-order valence-corrected chi connectivity index (χ2v) is 7.71. The van der Waals surface area contributed by atoms with Crippen molar-refractivity contribution in [3.63, 3.8) is 0 Å². The number of rotatable bonds is 5. The minimum atomic E-state index is -0.389. The highest BCUT2D eigenvalue weighted by Crippen LogP contribution is 2.26. The minimum Gasteiger partial charge on any atom is -0.378 e. The molecule has 0 saturated carbocycles. The summed E-state index contributed by atoms with van der Waals surface area (Å²) in [5.74, 6) is 0.587. The molecule has 2 aromatic rings. The van der Waals surface area contributed by atoms with E-state index in [1.807, 2.05) is 17.7 Å². The van der Waals surface area contributed by atoms with E-state index >= 15 is 0 Å². The molecule has 2 heterocycles. The van der Waals surface area contributed by atoms with Gasteiger partial charge in [0.2, 0.25) is 11.9 Å². The molecule has 1 amide bonds. The minimum absolute atomic E-state index is 0.184. The Morgan fingerprint density at radius 2 is 2.15 bits per heavy atom. The first-order valence-corrected chi connectivity index (χ1v) is 9.64. The lowest BCUT2D eigenvalue weighted by Gasteiger charge is -2.27. The number of carbonyl (C=O) groups excluding carboxylic acids is 1. The summed E-state index contributed by atoms with van der Waals surface area (Å²) >= 11 is 7.33. The molecule has 27 heavy (non-hydrogen) atoms. The van der Waals surface area contributed by atoms with Gasteiger partial charge in [-0.05, 0) is 25.1 Å². The number of anilines is 2. The number of hydrogen-bond acceptors (Lipinski definition) is 7. The Morgan fingerprint density at radius 3 is 2.81 bits per heavy atom. The maximum Gasteiger partial charge on any atom is 0.237 e. The van der Waals surface area contributed by atoms with Gasteiger partial charge in [0.1, 0.15) is 6.07 Å². The van der Waals surface area contributed by atoms with Crippen LogP contribution < -0.4 is 10.2 Å². The first kappa shape index (κ1) is 19.5. The van der Waals surface area contributed by atoms with Crippen molar-refractivity contribution in [2.24, 2.45) is 7.05 Å². The Balaban J connectivity index is 1.64. The van der Waals surface area contributed by atoms with Crippen LogP contribution in [0.3, 0.4) is 0 Å². The molecule has 10 heteroatoms. The second-order valence-electron chi connectivity index (χ2n) is 6.00. The molecule has 142 valence electrons. The molecule has 1 N–H and O–H groups in total. The smallest absolute Gasteiger partial charge is 0.237 e. The van der Waals surface area contributed by atoms with E-state index in [0.717, 1.165) is 19.0 Å². The van der Waals surface area contributed by atoms with Crippen LogP contribution in [-0.2, 0) is 16.6 Å². The van der Waals surface area contributed by atoms with Gasteiger partial charge in [-0.15, -0.1) is 10.2 Å². The van der Waals surface area contributed by atoms with Crippen molar-refractivity contribution in [3.8, 4) is 6.07 Å². The van der Waals surface area contributed by atoms with E-state index in [1.54, 1.807) is 25.1 Å². The maximum atomic E-state index is 12.5. The van der Waals surface area contributed by atoms with E-state index in [0.29, 0.717) is 34.6 Å². The summed E-state index contributed by atoms with van der Waals surface area (Å²) in [4.78, 5) is 14.6. The van der Waals surface area contributed by atoms with Crippen molar-refractivity contribution in [1.82, 2.24) is 14.8 Å². The summed E-state index contributed by atoms with van der Waals surface area (Å²) < 4.78 is 7.25. The molecule has 1 unspecified atom stereocenters. The van der Waals surface area contributed by atoms with E-state index in [4.69, 9.17) is 21.6 Å². The predicted octanol–water partition coefficient (Wildman–Crippen LogP) is 2.30. The Kier molecular flexibility index (Phi) is 6.21. The topological polar surface area (TPSA) is 96.1 Å². The summed E-state index contributed by atoms with van der Waals surface area (Å²) in [6, 6.07) is 6.78. The summed E-state index contributed by atoms with van der Waals surface area (Å²) in [6.45, 7) is 4.68. The van der Waals surface area contributed by atoms with Crippen molar-refractivity contribution in [3.05, 3.63) is 28.8 Å². The van der Waals surface area contributed by atoms with Crippen LogP contribution >= 0.6 is 23.4 Å². The van der Waals surface area contributed by atoms with Crippen LogP contribution in [0.5, 0.6) is 0 Å². The molecular formula is C17H19ClN6O2S. The van der Waals surface area contributed by atoms with Crippen LogP contribution in [-0.4, -0.2) is 52.2 Å². The van der Waals surface area contributed by atoms with Crippen LogP contribution in [0.4, 0.5) is 11.6 Å². The van der Waals surface area contributed by atoms with E-state index in [-0.39, 0.29) is 11.2 Å². The zero-order chi connectivity index (χ0) is 19.4. The average molecular weight is 407 g/mol. The van der Waals surface area contributed by atoms with Crippen LogP contribution in [0, 0.1) is 11.3 Å². The van der Waals surface area contributed by atoms with Gasteiger partial charge in [0.25, 0.3) is 0 Å². The molecule has 1 aromatic heterocycles. The van der Waals surface area contributed by atoms with E-state index in [9.17, 15) is 4.79 Å². The molecule has 0 spiro atoms. The van der Waals surface area contributed by atoms with Gasteiger partial charge in [-0.25, -0.2) is 0 Å². The number of morpholine rings is 1. The fourth-order valence-electron chi connectivity index (χ4n) is 2.59. The van der Waals surface area contributed by atoms with E-state index < -0.39 is 0 Å². The molecule has 1 aromatic carbocycles. The molecule has 1 aliphatic rings. The van der Waals surface area contributed by atoms with Crippen LogP contribution in [0.1, 0.15) is 12.5 Å². The highest BCUT2D eigenvalue weighted by atomic mass is 35.5. The lowest BCUT2D eigenvalue weighted by atomic mass is 10.2. The number of ether oxygens (including phenoxy) is 1. The molecule has 0 bridgehead atoms. The molecule has 0 aliphatic carbocycles. The number of halogens is 1. The molecule has 1 saturated heterocycles. The van der Waals surface area contributed by atoms with Crippen molar-refractivity contribution >= 4 is 40.9 Å². The second kappa shape index (κ2) is 8.61. The number of benzene rings is 1. The first-order chi connectivity index (χ1) is 13.0. The SMILES string of the molecule is CC(Sc1nnc(N2CCOCC2)n1C)C(=O)Nc1ccc(C#N)c(Cl)c1. The largest absolute Gasteiger partial charge is 0.378 e. The summed E-state index contributed by atoms with van der Waals surface area (Å²) in [6.07, 6.45) is 0. The van der Waals surface area contributed by atoms with Gasteiger partial charge >= 0.3 is 0 Å².